The van der Waals surface area contributed by atoms with Gasteiger partial charge in [0.05, 0.1) is 10.2 Å². The van der Waals surface area contributed by atoms with Crippen LogP contribution in [0.5, 0.6) is 0 Å². The summed E-state index contributed by atoms with van der Waals surface area (Å²) in [5.74, 6) is 0.102. The lowest BCUT2D eigenvalue weighted by Crippen LogP contribution is -2.26. The summed E-state index contributed by atoms with van der Waals surface area (Å²) in [7, 11) is 3.03. The molecule has 0 saturated heterocycles. The van der Waals surface area contributed by atoms with Crippen LogP contribution >= 0.6 is 0 Å². The van der Waals surface area contributed by atoms with Gasteiger partial charge in [-0.3, -0.25) is 0 Å². The predicted octanol–water partition coefficient (Wildman–Crippen LogP) is 1.25. The molecular weight excluding hydrogens is 218 g/mol. The minimum Gasteiger partial charge on any atom is -0.358 e. The van der Waals surface area contributed by atoms with Gasteiger partial charge in [-0.05, 0) is 33.7 Å². The van der Waals surface area contributed by atoms with Crippen molar-refractivity contribution in [2.24, 2.45) is 0 Å². The van der Waals surface area contributed by atoms with E-state index in [1.807, 2.05) is 13.8 Å². The molecule has 98 valence electrons. The zero-order chi connectivity index (χ0) is 12.2. The molecule has 16 heavy (non-hydrogen) atoms. The maximum Gasteiger partial charge on any atom is 0.131 e. The second-order valence-corrected chi connectivity index (χ2v) is 5.04. The molecule has 1 fully saturated rings. The largest absolute Gasteiger partial charge is 0.358 e. The molecule has 0 aliphatic heterocycles. The van der Waals surface area contributed by atoms with Crippen molar-refractivity contribution < 1.29 is 9.47 Å². The van der Waals surface area contributed by atoms with Gasteiger partial charge in [-0.2, -0.15) is 0 Å². The molecule has 1 aliphatic carbocycles. The fraction of sp³-hybridized carbons (Fsp3) is 1.00. The predicted molar refractivity (Wildman–Crippen MR) is 72.9 cm³/mol. The van der Waals surface area contributed by atoms with Gasteiger partial charge in [-0.15, -0.1) is 0 Å². The van der Waals surface area contributed by atoms with Crippen molar-refractivity contribution in [3.05, 3.63) is 0 Å². The number of hydrogen-bond donors (Lipinski definition) is 1. The highest BCUT2D eigenvalue weighted by Gasteiger charge is 2.09. The van der Waals surface area contributed by atoms with Crippen molar-refractivity contribution in [2.75, 3.05) is 20.3 Å². The molecule has 4 heteroatoms. The SMILES string of the molecule is CCOC([SiH3])OCC.CNC1CCCCC1. The Bertz CT molecular complexity index is 135. The third-order valence-electron chi connectivity index (χ3n) is 2.82. The molecule has 3 nitrogen and oxygen atoms in total. The van der Waals surface area contributed by atoms with E-state index in [4.69, 9.17) is 9.47 Å². The Hall–Kier alpha value is 0.0969. The summed E-state index contributed by atoms with van der Waals surface area (Å²) in [6.45, 7) is 5.47. The van der Waals surface area contributed by atoms with Crippen LogP contribution < -0.4 is 5.32 Å². The second kappa shape index (κ2) is 11.6. The Balaban J connectivity index is 0.000000281. The molecule has 0 aromatic rings. The fourth-order valence-corrected chi connectivity index (χ4v) is 2.58. The van der Waals surface area contributed by atoms with E-state index < -0.39 is 0 Å². The fourth-order valence-electron chi connectivity index (χ4n) is 1.91. The quantitative estimate of drug-likeness (QED) is 0.586. The minimum atomic E-state index is 0.102. The standard InChI is InChI=1S/C7H15N.C5H14O2Si/c1-8-7-5-3-2-4-6-7;1-3-6-5(8)7-4-2/h7-8H,2-6H2,1H3;5H,3-4H2,1-2,8H3. The first-order chi connectivity index (χ1) is 7.74. The zero-order valence-electron chi connectivity index (χ0n) is 11.4. The first-order valence-electron chi connectivity index (χ1n) is 6.65. The summed E-state index contributed by atoms with van der Waals surface area (Å²) < 4.78 is 10.2. The Morgan fingerprint density at radius 1 is 1.12 bits per heavy atom. The molecule has 1 saturated carbocycles. The van der Waals surface area contributed by atoms with Crippen LogP contribution in [0.1, 0.15) is 46.0 Å². The molecule has 0 bridgehead atoms. The van der Waals surface area contributed by atoms with Crippen LogP contribution in [0, 0.1) is 0 Å². The summed E-state index contributed by atoms with van der Waals surface area (Å²) >= 11 is 0. The van der Waals surface area contributed by atoms with E-state index in [0.29, 0.717) is 0 Å². The summed E-state index contributed by atoms with van der Waals surface area (Å²) in [4.78, 5) is 0. The zero-order valence-corrected chi connectivity index (χ0v) is 13.4. The Morgan fingerprint density at radius 2 is 1.62 bits per heavy atom. The lowest BCUT2D eigenvalue weighted by molar-refractivity contribution is -0.0801. The van der Waals surface area contributed by atoms with Crippen LogP contribution in [0.25, 0.3) is 0 Å². The first-order valence-corrected chi connectivity index (χ1v) is 7.80. The summed E-state index contributed by atoms with van der Waals surface area (Å²) in [6, 6.07) is 0.837. The highest BCUT2D eigenvalue weighted by atomic mass is 28.1. The minimum absolute atomic E-state index is 0.102. The van der Waals surface area contributed by atoms with Crippen molar-refractivity contribution in [3.8, 4) is 0 Å². The topological polar surface area (TPSA) is 30.5 Å². The Kier molecular flexibility index (Phi) is 11.6. The third-order valence-corrected chi connectivity index (χ3v) is 3.48. The van der Waals surface area contributed by atoms with Gasteiger partial charge in [0.25, 0.3) is 0 Å². The maximum absolute atomic E-state index is 5.12. The molecule has 0 aromatic carbocycles. The van der Waals surface area contributed by atoms with Crippen LogP contribution in [-0.4, -0.2) is 42.5 Å². The molecule has 1 aliphatic rings. The molecule has 1 N–H and O–H groups in total. The van der Waals surface area contributed by atoms with E-state index >= 15 is 0 Å². The molecule has 0 unspecified atom stereocenters. The Morgan fingerprint density at radius 3 is 1.94 bits per heavy atom. The van der Waals surface area contributed by atoms with Crippen molar-refractivity contribution in [3.63, 3.8) is 0 Å². The second-order valence-electron chi connectivity index (χ2n) is 4.10. The van der Waals surface area contributed by atoms with E-state index in [1.165, 1.54) is 32.1 Å². The average molecular weight is 247 g/mol. The van der Waals surface area contributed by atoms with E-state index in [2.05, 4.69) is 12.4 Å². The highest BCUT2D eigenvalue weighted by Crippen LogP contribution is 2.16. The maximum atomic E-state index is 5.12. The molecular formula is C12H29NO2Si. The molecule has 0 aromatic heterocycles. The summed E-state index contributed by atoms with van der Waals surface area (Å²) in [5, 5.41) is 3.30. The van der Waals surface area contributed by atoms with Crippen LogP contribution in [0.15, 0.2) is 0 Å². The van der Waals surface area contributed by atoms with Crippen molar-refractivity contribution in [1.82, 2.24) is 5.32 Å². The molecule has 0 spiro atoms. The van der Waals surface area contributed by atoms with Crippen molar-refractivity contribution in [1.29, 1.82) is 0 Å². The summed E-state index contributed by atoms with van der Waals surface area (Å²) in [6.07, 6.45) is 7.13. The van der Waals surface area contributed by atoms with Crippen LogP contribution in [0.3, 0.4) is 0 Å². The number of ether oxygens (including phenoxy) is 2. The van der Waals surface area contributed by atoms with Crippen LogP contribution in [0.4, 0.5) is 0 Å². The van der Waals surface area contributed by atoms with Crippen molar-refractivity contribution in [2.45, 2.75) is 57.9 Å². The van der Waals surface area contributed by atoms with Gasteiger partial charge in [0, 0.05) is 19.3 Å². The van der Waals surface area contributed by atoms with Crippen LogP contribution in [0.2, 0.25) is 0 Å². The van der Waals surface area contributed by atoms with Gasteiger partial charge in [0.2, 0.25) is 0 Å². The number of nitrogens with one attached hydrogen (secondary N) is 1. The first kappa shape index (κ1) is 16.1. The van der Waals surface area contributed by atoms with E-state index in [9.17, 15) is 0 Å². The molecule has 0 radical (unpaired) electrons. The van der Waals surface area contributed by atoms with Crippen LogP contribution in [-0.2, 0) is 9.47 Å². The summed E-state index contributed by atoms with van der Waals surface area (Å²) in [5.41, 5.74) is 0. The third kappa shape index (κ3) is 9.33. The monoisotopic (exact) mass is 247 g/mol. The van der Waals surface area contributed by atoms with Gasteiger partial charge in [0.15, 0.2) is 0 Å². The van der Waals surface area contributed by atoms with Gasteiger partial charge in [0.1, 0.15) is 5.91 Å². The van der Waals surface area contributed by atoms with Gasteiger partial charge >= 0.3 is 0 Å². The smallest absolute Gasteiger partial charge is 0.131 e. The highest BCUT2D eigenvalue weighted by molar-refractivity contribution is 6.09. The van der Waals surface area contributed by atoms with Gasteiger partial charge < -0.3 is 14.8 Å². The van der Waals surface area contributed by atoms with E-state index in [0.717, 1.165) is 29.5 Å². The molecule has 1 rings (SSSR count). The van der Waals surface area contributed by atoms with E-state index in [1.54, 1.807) is 0 Å². The molecule has 0 heterocycles. The van der Waals surface area contributed by atoms with Crippen molar-refractivity contribution >= 4 is 10.2 Å². The van der Waals surface area contributed by atoms with Gasteiger partial charge in [-0.25, -0.2) is 0 Å². The lowest BCUT2D eigenvalue weighted by Gasteiger charge is -2.20. The van der Waals surface area contributed by atoms with E-state index in [-0.39, 0.29) is 5.91 Å². The van der Waals surface area contributed by atoms with Gasteiger partial charge in [-0.1, -0.05) is 19.3 Å². The average Bonchev–Trinajstić information content (AvgIpc) is 2.32. The normalized spacial score (nSPS) is 17.2. The number of hydrogen-bond acceptors (Lipinski definition) is 3. The lowest BCUT2D eigenvalue weighted by atomic mass is 9.96. The number of rotatable bonds is 5. The Labute approximate surface area is 104 Å². The molecule has 0 atom stereocenters. The molecule has 0 amide bonds.